The van der Waals surface area contributed by atoms with Gasteiger partial charge in [0.1, 0.15) is 0 Å². The van der Waals surface area contributed by atoms with Crippen LogP contribution in [0.2, 0.25) is 0 Å². The van der Waals surface area contributed by atoms with Crippen LogP contribution in [-0.2, 0) is 23.1 Å². The number of guanidine groups is 1. The summed E-state index contributed by atoms with van der Waals surface area (Å²) < 4.78 is 26.9. The van der Waals surface area contributed by atoms with Crippen molar-refractivity contribution >= 4 is 27.3 Å². The molecule has 0 unspecified atom stereocenters. The van der Waals surface area contributed by atoms with Gasteiger partial charge < -0.3 is 10.6 Å². The molecule has 0 spiro atoms. The Balaban J connectivity index is 1.81. The highest BCUT2D eigenvalue weighted by molar-refractivity contribution is 7.89. The number of benzene rings is 1. The zero-order chi connectivity index (χ0) is 18.8. The van der Waals surface area contributed by atoms with Gasteiger partial charge in [-0.3, -0.25) is 0 Å². The molecule has 0 radical (unpaired) electrons. The summed E-state index contributed by atoms with van der Waals surface area (Å²) in [4.78, 5) is 5.73. The van der Waals surface area contributed by atoms with Crippen molar-refractivity contribution < 1.29 is 8.42 Å². The first-order valence-corrected chi connectivity index (χ1v) is 11.1. The van der Waals surface area contributed by atoms with Crippen LogP contribution in [0.5, 0.6) is 0 Å². The number of aliphatic imine (C=N–C) groups is 1. The van der Waals surface area contributed by atoms with E-state index >= 15 is 0 Å². The molecule has 3 N–H and O–H groups in total. The highest BCUT2D eigenvalue weighted by atomic mass is 32.2. The predicted molar refractivity (Wildman–Crippen MR) is 109 cm³/mol. The Morgan fingerprint density at radius 3 is 2.58 bits per heavy atom. The van der Waals surface area contributed by atoms with Crippen LogP contribution < -0.4 is 15.4 Å². The van der Waals surface area contributed by atoms with Gasteiger partial charge >= 0.3 is 0 Å². The topological polar surface area (TPSA) is 82.6 Å². The lowest BCUT2D eigenvalue weighted by molar-refractivity contribution is 0.580. The predicted octanol–water partition coefficient (Wildman–Crippen LogP) is 2.23. The number of hydrogen-bond acceptors (Lipinski definition) is 4. The lowest BCUT2D eigenvalue weighted by Crippen LogP contribution is -2.41. The van der Waals surface area contributed by atoms with Crippen molar-refractivity contribution in [3.05, 3.63) is 57.8 Å². The van der Waals surface area contributed by atoms with E-state index in [2.05, 4.69) is 33.3 Å². The molecule has 0 saturated heterocycles. The summed E-state index contributed by atoms with van der Waals surface area (Å²) in [6, 6.07) is 11.5. The molecule has 26 heavy (non-hydrogen) atoms. The number of rotatable bonds is 9. The molecule has 142 valence electrons. The lowest BCUT2D eigenvalue weighted by Gasteiger charge is -2.12. The molecule has 1 aromatic heterocycles. The first-order valence-electron chi connectivity index (χ1n) is 8.56. The maximum absolute atomic E-state index is 12.1. The third kappa shape index (κ3) is 7.15. The van der Waals surface area contributed by atoms with Crippen molar-refractivity contribution in [2.24, 2.45) is 4.99 Å². The first-order chi connectivity index (χ1) is 12.5. The van der Waals surface area contributed by atoms with E-state index in [1.165, 1.54) is 10.4 Å². The fourth-order valence-corrected chi connectivity index (χ4v) is 3.95. The van der Waals surface area contributed by atoms with E-state index in [0.29, 0.717) is 32.1 Å². The van der Waals surface area contributed by atoms with Gasteiger partial charge in [0.25, 0.3) is 0 Å². The summed E-state index contributed by atoms with van der Waals surface area (Å²) in [6.45, 7) is 5.93. The van der Waals surface area contributed by atoms with Gasteiger partial charge in [0.15, 0.2) is 5.96 Å². The van der Waals surface area contributed by atoms with Crippen molar-refractivity contribution in [2.45, 2.75) is 26.9 Å². The quantitative estimate of drug-likeness (QED) is 0.450. The summed E-state index contributed by atoms with van der Waals surface area (Å²) >= 11 is 1.67. The van der Waals surface area contributed by atoms with Crippen molar-refractivity contribution in [1.82, 2.24) is 15.4 Å². The molecule has 1 aromatic carbocycles. The van der Waals surface area contributed by atoms with Gasteiger partial charge in [-0.1, -0.05) is 30.3 Å². The summed E-state index contributed by atoms with van der Waals surface area (Å²) in [5, 5.41) is 8.27. The van der Waals surface area contributed by atoms with Crippen LogP contribution in [0.25, 0.3) is 0 Å². The molecule has 0 fully saturated rings. The standard InChI is InChI=1S/C18H26N4O2S2/c1-3-19-18(21-14-17-15(2)9-11-25-17)20-10-12-26(23,24)22-13-16-7-5-4-6-8-16/h4-9,11,22H,3,10,12-14H2,1-2H3,(H2,19,20,21). The Hall–Kier alpha value is -1.90. The Bertz CT molecular complexity index is 802. The number of thiophene rings is 1. The second kappa shape index (κ2) is 10.3. The maximum Gasteiger partial charge on any atom is 0.213 e. The molecule has 0 bridgehead atoms. The molecular formula is C18H26N4O2S2. The van der Waals surface area contributed by atoms with Crippen molar-refractivity contribution in [1.29, 1.82) is 0 Å². The minimum atomic E-state index is -3.35. The molecule has 1 heterocycles. The van der Waals surface area contributed by atoms with E-state index in [4.69, 9.17) is 0 Å². The van der Waals surface area contributed by atoms with E-state index in [-0.39, 0.29) is 5.75 Å². The number of nitrogens with zero attached hydrogens (tertiary/aromatic N) is 1. The molecule has 0 saturated carbocycles. The lowest BCUT2D eigenvalue weighted by atomic mass is 10.2. The molecule has 0 atom stereocenters. The molecule has 0 aliphatic rings. The minimum Gasteiger partial charge on any atom is -0.357 e. The molecular weight excluding hydrogens is 368 g/mol. The van der Waals surface area contributed by atoms with E-state index in [9.17, 15) is 8.42 Å². The second-order valence-electron chi connectivity index (χ2n) is 5.77. The van der Waals surface area contributed by atoms with Gasteiger partial charge in [-0.05, 0) is 36.4 Å². The van der Waals surface area contributed by atoms with Gasteiger partial charge in [0.05, 0.1) is 12.3 Å². The van der Waals surface area contributed by atoms with Crippen molar-refractivity contribution in [3.63, 3.8) is 0 Å². The molecule has 6 nitrogen and oxygen atoms in total. The normalized spacial score (nSPS) is 12.2. The minimum absolute atomic E-state index is 0.0116. The van der Waals surface area contributed by atoms with Crippen LogP contribution >= 0.6 is 11.3 Å². The fourth-order valence-electron chi connectivity index (χ4n) is 2.22. The molecule has 2 rings (SSSR count). The van der Waals surface area contributed by atoms with Gasteiger partial charge in [-0.15, -0.1) is 11.3 Å². The van der Waals surface area contributed by atoms with E-state index in [1.54, 1.807) is 11.3 Å². The van der Waals surface area contributed by atoms with Crippen LogP contribution in [-0.4, -0.2) is 33.2 Å². The zero-order valence-electron chi connectivity index (χ0n) is 15.2. The monoisotopic (exact) mass is 394 g/mol. The smallest absolute Gasteiger partial charge is 0.213 e. The van der Waals surface area contributed by atoms with Gasteiger partial charge in [-0.2, -0.15) is 0 Å². The van der Waals surface area contributed by atoms with Crippen LogP contribution in [0.4, 0.5) is 0 Å². The highest BCUT2D eigenvalue weighted by Crippen LogP contribution is 2.16. The van der Waals surface area contributed by atoms with Crippen molar-refractivity contribution in [3.8, 4) is 0 Å². The summed E-state index contributed by atoms with van der Waals surface area (Å²) in [7, 11) is -3.35. The maximum atomic E-state index is 12.1. The number of aryl methyl sites for hydroxylation is 1. The number of hydrogen-bond donors (Lipinski definition) is 3. The van der Waals surface area contributed by atoms with E-state index in [0.717, 1.165) is 5.56 Å². The van der Waals surface area contributed by atoms with E-state index in [1.807, 2.05) is 42.6 Å². The zero-order valence-corrected chi connectivity index (χ0v) is 16.8. The number of nitrogens with one attached hydrogen (secondary N) is 3. The molecule has 0 amide bonds. The van der Waals surface area contributed by atoms with E-state index < -0.39 is 10.0 Å². The van der Waals surface area contributed by atoms with Gasteiger partial charge in [0.2, 0.25) is 10.0 Å². The van der Waals surface area contributed by atoms with Crippen LogP contribution in [0, 0.1) is 6.92 Å². The highest BCUT2D eigenvalue weighted by Gasteiger charge is 2.10. The van der Waals surface area contributed by atoms with Gasteiger partial charge in [0, 0.05) is 24.5 Å². The molecule has 2 aromatic rings. The largest absolute Gasteiger partial charge is 0.357 e. The van der Waals surface area contributed by atoms with Gasteiger partial charge in [-0.25, -0.2) is 18.1 Å². The molecule has 8 heteroatoms. The Labute approximate surface area is 159 Å². The Kier molecular flexibility index (Phi) is 8.08. The SMILES string of the molecule is CCNC(=NCc1sccc1C)NCCS(=O)(=O)NCc1ccccc1. The average molecular weight is 395 g/mol. The number of sulfonamides is 1. The van der Waals surface area contributed by atoms with Crippen LogP contribution in [0.1, 0.15) is 22.9 Å². The molecule has 0 aliphatic carbocycles. The summed E-state index contributed by atoms with van der Waals surface area (Å²) in [6.07, 6.45) is 0. The Morgan fingerprint density at radius 2 is 1.92 bits per heavy atom. The molecule has 0 aliphatic heterocycles. The third-order valence-corrected chi connectivity index (χ3v) is 6.03. The first kappa shape index (κ1) is 20.4. The van der Waals surface area contributed by atoms with Crippen LogP contribution in [0.3, 0.4) is 0 Å². The Morgan fingerprint density at radius 1 is 1.15 bits per heavy atom. The van der Waals surface area contributed by atoms with Crippen molar-refractivity contribution in [2.75, 3.05) is 18.8 Å². The second-order valence-corrected chi connectivity index (χ2v) is 8.70. The van der Waals surface area contributed by atoms with Crippen LogP contribution in [0.15, 0.2) is 46.8 Å². The third-order valence-electron chi connectivity index (χ3n) is 3.70. The summed E-state index contributed by atoms with van der Waals surface area (Å²) in [5.41, 5.74) is 2.16. The summed E-state index contributed by atoms with van der Waals surface area (Å²) in [5.74, 6) is 0.612. The average Bonchev–Trinajstić information content (AvgIpc) is 3.04. The fraction of sp³-hybridized carbons (Fsp3) is 0.389.